The molecule has 4 aliphatic carbocycles. The van der Waals surface area contributed by atoms with Crippen LogP contribution in [-0.2, 0) is 42.6 Å². The molecule has 3 saturated carbocycles. The summed E-state index contributed by atoms with van der Waals surface area (Å²) in [5, 5.41) is 159. The molecule has 9 rings (SSSR count). The van der Waals surface area contributed by atoms with Crippen LogP contribution in [0.15, 0.2) is 11.6 Å². The minimum Gasteiger partial charge on any atom is -0.394 e. The van der Waals surface area contributed by atoms with Crippen LogP contribution in [0.3, 0.4) is 0 Å². The first-order valence-electron chi connectivity index (χ1n) is 27.1. The molecule has 0 spiro atoms. The van der Waals surface area contributed by atoms with Gasteiger partial charge in [-0.2, -0.15) is 0 Å². The van der Waals surface area contributed by atoms with E-state index >= 15 is 0 Å². The van der Waals surface area contributed by atoms with Crippen molar-refractivity contribution in [1.82, 2.24) is 0 Å². The van der Waals surface area contributed by atoms with Gasteiger partial charge in [0, 0.05) is 12.3 Å². The summed E-state index contributed by atoms with van der Waals surface area (Å²) in [5.41, 5.74) is 1.08. The zero-order valence-corrected chi connectivity index (χ0v) is 43.0. The van der Waals surface area contributed by atoms with Gasteiger partial charge in [0.1, 0.15) is 97.7 Å². The van der Waals surface area contributed by atoms with Crippen LogP contribution < -0.4 is 0 Å². The van der Waals surface area contributed by atoms with E-state index in [1.165, 1.54) is 5.57 Å². The largest absolute Gasteiger partial charge is 0.394 e. The summed E-state index contributed by atoms with van der Waals surface area (Å²) in [6.45, 7) is 6.02. The highest BCUT2D eigenvalue weighted by molar-refractivity contribution is 5.26. The van der Waals surface area contributed by atoms with Crippen LogP contribution in [0.25, 0.3) is 0 Å². The molecule has 0 amide bonds. The second kappa shape index (κ2) is 23.0. The molecule has 0 aromatic heterocycles. The lowest BCUT2D eigenvalue weighted by molar-refractivity contribution is -0.390. The van der Waals surface area contributed by atoms with Crippen molar-refractivity contribution < 1.29 is 119 Å². The number of allylic oxidation sites excluding steroid dienone is 1. The number of rotatable bonds is 16. The molecule has 0 aromatic carbocycles. The van der Waals surface area contributed by atoms with Crippen molar-refractivity contribution in [2.75, 3.05) is 33.0 Å². The van der Waals surface area contributed by atoms with Gasteiger partial charge in [-0.05, 0) is 91.8 Å². The number of ether oxygens (including phenoxy) is 9. The second-order valence-corrected chi connectivity index (χ2v) is 23.8. The van der Waals surface area contributed by atoms with E-state index in [1.807, 2.05) is 6.92 Å². The smallest absolute Gasteiger partial charge is 0.187 e. The number of hydrogen-bond acceptors (Lipinski definition) is 24. The predicted molar refractivity (Wildman–Crippen MR) is 252 cm³/mol. The van der Waals surface area contributed by atoms with E-state index in [0.717, 1.165) is 32.1 Å². The number of hydrogen-bond donors (Lipinski definition) is 15. The van der Waals surface area contributed by atoms with E-state index in [1.54, 1.807) is 0 Å². The molecule has 5 saturated heterocycles. The third-order valence-electron chi connectivity index (χ3n) is 19.5. The summed E-state index contributed by atoms with van der Waals surface area (Å²) in [4.78, 5) is 0. The SMILES string of the molecule is C[C@H](CC[C@@]1(O)O[C@H]2C[C@H]3[C@@H]4CC=C5C[C@@H](O[C@@H]6O[C@H](CO)[C@@H](O[C@@H]7O[C@H](CO)[C@@H](O)[C@H](O)[C@H]7O[C@@H]7O[C@H](CO)[C@@H](O)[C@H](O)[C@H]7O)[C@H](O)[C@H]6O)CC[C@]5(C)[C@H]4CC[C@]3(C)[C@H]2[C@@H]1C)CO[C@@H]1O[C@H](CO)[C@@H](O)[C@H](O)[C@H]1O. The third kappa shape index (κ3) is 10.6. The summed E-state index contributed by atoms with van der Waals surface area (Å²) < 4.78 is 53.4. The molecule has 0 bridgehead atoms. The van der Waals surface area contributed by atoms with Gasteiger partial charge in [-0.25, -0.2) is 0 Å². The topological polar surface area (TPSA) is 387 Å². The van der Waals surface area contributed by atoms with Gasteiger partial charge in [0.2, 0.25) is 0 Å². The normalized spacial score (nSPS) is 54.3. The maximum Gasteiger partial charge on any atom is 0.187 e. The second-order valence-electron chi connectivity index (χ2n) is 23.8. The van der Waals surface area contributed by atoms with E-state index in [-0.39, 0.29) is 41.3 Å². The Morgan fingerprint density at radius 3 is 1.79 bits per heavy atom. The van der Waals surface area contributed by atoms with Crippen molar-refractivity contribution in [2.24, 2.45) is 46.3 Å². The van der Waals surface area contributed by atoms with Gasteiger partial charge in [-0.3, -0.25) is 0 Å². The first-order chi connectivity index (χ1) is 35.5. The maximum atomic E-state index is 12.1. The standard InChI is InChI=1S/C51H84O24/c1-20(19-67-45-40(63)36(59)33(56)28(15-52)69-45)7-12-51(66)21(2)32-27(75-51)14-26-24-6-5-22-13-23(8-10-49(22,3)25(24)9-11-50(26,32)4)68-46-42(65)39(62)43(31(18-55)72-46)73-48-44(38(61)35(58)30(17-54)71-48)74-47-41(64)37(60)34(57)29(16-53)70-47/h5,20-21,23-48,52-66H,6-19H2,1-4H3/t20-,21+,23+,24-,25+,26+,27+,28-,29-,30-,31-,32+,33-,34-,35-,36+,37+,38+,39-,40-,41-,42-,43-,44-,45-,46-,47+,48+,49+,50+,51-/m1/s1. The lowest BCUT2D eigenvalue weighted by atomic mass is 9.47. The quantitative estimate of drug-likeness (QED) is 0.0655. The highest BCUT2D eigenvalue weighted by atomic mass is 16.8. The number of aliphatic hydroxyl groups is 15. The van der Waals surface area contributed by atoms with Crippen LogP contribution in [0.4, 0.5) is 0 Å². The van der Waals surface area contributed by atoms with Crippen molar-refractivity contribution in [2.45, 2.75) is 226 Å². The lowest BCUT2D eigenvalue weighted by Crippen LogP contribution is -2.67. The molecule has 5 aliphatic heterocycles. The molecule has 15 N–H and O–H groups in total. The Balaban J connectivity index is 0.798. The molecule has 0 radical (unpaired) electrons. The van der Waals surface area contributed by atoms with Gasteiger partial charge >= 0.3 is 0 Å². The molecule has 31 atom stereocenters. The molecular formula is C51H84O24. The van der Waals surface area contributed by atoms with Gasteiger partial charge in [-0.1, -0.05) is 39.3 Å². The zero-order valence-electron chi connectivity index (χ0n) is 43.0. The third-order valence-corrected chi connectivity index (χ3v) is 19.5. The highest BCUT2D eigenvalue weighted by Crippen LogP contribution is 2.70. The van der Waals surface area contributed by atoms with E-state index in [2.05, 4.69) is 26.8 Å². The Kier molecular flexibility index (Phi) is 17.9. The molecule has 5 heterocycles. The molecule has 24 nitrogen and oxygen atoms in total. The van der Waals surface area contributed by atoms with Crippen molar-refractivity contribution in [1.29, 1.82) is 0 Å². The lowest BCUT2D eigenvalue weighted by Gasteiger charge is -2.58. The van der Waals surface area contributed by atoms with Crippen LogP contribution in [-0.4, -0.2) is 250 Å². The Hall–Kier alpha value is -1.22. The average molecular weight is 1080 g/mol. The summed E-state index contributed by atoms with van der Waals surface area (Å²) in [7, 11) is 0. The summed E-state index contributed by atoms with van der Waals surface area (Å²) in [6, 6.07) is 0. The van der Waals surface area contributed by atoms with Gasteiger partial charge in [-0.15, -0.1) is 0 Å². The van der Waals surface area contributed by atoms with Crippen LogP contribution in [0.2, 0.25) is 0 Å². The molecule has 75 heavy (non-hydrogen) atoms. The van der Waals surface area contributed by atoms with E-state index in [9.17, 15) is 76.6 Å². The molecule has 0 aromatic rings. The number of fused-ring (bicyclic) bond motifs is 7. The van der Waals surface area contributed by atoms with Crippen molar-refractivity contribution >= 4 is 0 Å². The first kappa shape index (κ1) is 58.4. The fourth-order valence-electron chi connectivity index (χ4n) is 15.0. The number of aliphatic hydroxyl groups excluding tert-OH is 14. The first-order valence-corrected chi connectivity index (χ1v) is 27.1. The van der Waals surface area contributed by atoms with Gasteiger partial charge < -0.3 is 119 Å². The van der Waals surface area contributed by atoms with E-state index in [0.29, 0.717) is 43.4 Å². The van der Waals surface area contributed by atoms with Crippen LogP contribution >= 0.6 is 0 Å². The average Bonchev–Trinajstić information content (AvgIpc) is 3.83. The molecule has 24 heteroatoms. The van der Waals surface area contributed by atoms with Crippen molar-refractivity contribution in [3.63, 3.8) is 0 Å². The van der Waals surface area contributed by atoms with E-state index < -0.39 is 161 Å². The predicted octanol–water partition coefficient (Wildman–Crippen LogP) is -4.03. The van der Waals surface area contributed by atoms with Crippen LogP contribution in [0.1, 0.15) is 85.5 Å². The minimum atomic E-state index is -1.92. The fourth-order valence-corrected chi connectivity index (χ4v) is 15.0. The Labute approximate surface area is 435 Å². The van der Waals surface area contributed by atoms with Gasteiger partial charge in [0.15, 0.2) is 30.9 Å². The Bertz CT molecular complexity index is 1930. The Morgan fingerprint density at radius 2 is 1.15 bits per heavy atom. The Morgan fingerprint density at radius 1 is 0.613 bits per heavy atom. The maximum absolute atomic E-state index is 12.1. The monoisotopic (exact) mass is 1080 g/mol. The van der Waals surface area contributed by atoms with Crippen LogP contribution in [0, 0.1) is 46.3 Å². The highest BCUT2D eigenvalue weighted by Gasteiger charge is 2.68. The van der Waals surface area contributed by atoms with Crippen molar-refractivity contribution in [3.05, 3.63) is 11.6 Å². The molecule has 432 valence electrons. The van der Waals surface area contributed by atoms with Gasteiger partial charge in [0.25, 0.3) is 0 Å². The minimum absolute atomic E-state index is 0.0569. The molecule has 9 aliphatic rings. The molecular weight excluding hydrogens is 997 g/mol. The fraction of sp³-hybridized carbons (Fsp3) is 0.961. The summed E-state index contributed by atoms with van der Waals surface area (Å²) >= 11 is 0. The van der Waals surface area contributed by atoms with E-state index in [4.69, 9.17) is 42.6 Å². The van der Waals surface area contributed by atoms with Gasteiger partial charge in [0.05, 0.1) is 45.2 Å². The van der Waals surface area contributed by atoms with Crippen molar-refractivity contribution in [3.8, 4) is 0 Å². The van der Waals surface area contributed by atoms with Crippen LogP contribution in [0.5, 0.6) is 0 Å². The summed E-state index contributed by atoms with van der Waals surface area (Å²) in [6.07, 6.45) is -23.7. The zero-order chi connectivity index (χ0) is 54.2. The molecule has 0 unspecified atom stereocenters. The summed E-state index contributed by atoms with van der Waals surface area (Å²) in [5.74, 6) is -0.225. The molecule has 8 fully saturated rings.